The van der Waals surface area contributed by atoms with Crippen LogP contribution in [0.3, 0.4) is 0 Å². The molecule has 0 aromatic carbocycles. The van der Waals surface area contributed by atoms with Crippen LogP contribution >= 0.6 is 35.3 Å². The van der Waals surface area contributed by atoms with Gasteiger partial charge in [-0.15, -0.1) is 35.3 Å². The SMILES string of the molecule is CCCOC1(CNC(=NC)NCc2sc(C)nc2C)CCCCC1.I. The van der Waals surface area contributed by atoms with Gasteiger partial charge in [0.05, 0.1) is 22.8 Å². The van der Waals surface area contributed by atoms with Crippen molar-refractivity contribution in [2.24, 2.45) is 4.99 Å². The van der Waals surface area contributed by atoms with Crippen LogP contribution in [0, 0.1) is 13.8 Å². The molecule has 25 heavy (non-hydrogen) atoms. The van der Waals surface area contributed by atoms with Crippen LogP contribution < -0.4 is 10.6 Å². The zero-order valence-corrected chi connectivity index (χ0v) is 19.1. The van der Waals surface area contributed by atoms with E-state index in [4.69, 9.17) is 4.74 Å². The number of nitrogens with zero attached hydrogens (tertiary/aromatic N) is 2. The highest BCUT2D eigenvalue weighted by atomic mass is 127. The number of hydrogen-bond donors (Lipinski definition) is 2. The molecule has 144 valence electrons. The maximum absolute atomic E-state index is 6.25. The summed E-state index contributed by atoms with van der Waals surface area (Å²) in [5.74, 6) is 0.838. The largest absolute Gasteiger partial charge is 0.373 e. The Bertz CT molecular complexity index is 541. The second-order valence-electron chi connectivity index (χ2n) is 6.61. The molecule has 0 saturated heterocycles. The molecule has 1 aliphatic carbocycles. The Morgan fingerprint density at radius 1 is 1.24 bits per heavy atom. The highest BCUT2D eigenvalue weighted by Gasteiger charge is 2.32. The van der Waals surface area contributed by atoms with Crippen LogP contribution in [0.2, 0.25) is 0 Å². The van der Waals surface area contributed by atoms with Gasteiger partial charge in [0.25, 0.3) is 0 Å². The summed E-state index contributed by atoms with van der Waals surface area (Å²) in [5.41, 5.74) is 1.08. The van der Waals surface area contributed by atoms with Crippen LogP contribution in [0.4, 0.5) is 0 Å². The van der Waals surface area contributed by atoms with Gasteiger partial charge in [0, 0.05) is 25.1 Å². The van der Waals surface area contributed by atoms with Crippen molar-refractivity contribution in [1.82, 2.24) is 15.6 Å². The number of aryl methyl sites for hydroxylation is 2. The van der Waals surface area contributed by atoms with Crippen molar-refractivity contribution in [3.8, 4) is 0 Å². The summed E-state index contributed by atoms with van der Waals surface area (Å²) in [6.45, 7) is 8.71. The fourth-order valence-electron chi connectivity index (χ4n) is 3.25. The van der Waals surface area contributed by atoms with Crippen molar-refractivity contribution < 1.29 is 4.74 Å². The second kappa shape index (κ2) is 11.3. The van der Waals surface area contributed by atoms with Crippen molar-refractivity contribution in [3.05, 3.63) is 15.6 Å². The number of ether oxygens (including phenoxy) is 1. The normalized spacial score (nSPS) is 17.0. The van der Waals surface area contributed by atoms with Crippen LogP contribution in [0.1, 0.15) is 61.0 Å². The van der Waals surface area contributed by atoms with Gasteiger partial charge in [-0.1, -0.05) is 26.2 Å². The van der Waals surface area contributed by atoms with Gasteiger partial charge in [-0.05, 0) is 33.1 Å². The Balaban J connectivity index is 0.00000312. The summed E-state index contributed by atoms with van der Waals surface area (Å²) in [7, 11) is 1.82. The number of thiazole rings is 1. The van der Waals surface area contributed by atoms with Gasteiger partial charge in [0.2, 0.25) is 0 Å². The number of guanidine groups is 1. The first kappa shape index (κ1) is 22.6. The number of aromatic nitrogens is 1. The molecule has 0 aliphatic heterocycles. The number of aliphatic imine (C=N–C) groups is 1. The van der Waals surface area contributed by atoms with E-state index in [1.54, 1.807) is 11.3 Å². The van der Waals surface area contributed by atoms with E-state index >= 15 is 0 Å². The number of rotatable bonds is 7. The summed E-state index contributed by atoms with van der Waals surface area (Å²) in [6.07, 6.45) is 7.20. The molecule has 0 amide bonds. The standard InChI is InChI=1S/C18H32N4OS.HI/c1-5-11-23-18(9-7-6-8-10-18)13-21-17(19-4)20-12-16-14(2)22-15(3)24-16;/h5-13H2,1-4H3,(H2,19,20,21);1H. The third-order valence-electron chi connectivity index (χ3n) is 4.59. The maximum Gasteiger partial charge on any atom is 0.191 e. The molecule has 1 aromatic heterocycles. The fourth-order valence-corrected chi connectivity index (χ4v) is 4.13. The lowest BCUT2D eigenvalue weighted by atomic mass is 9.84. The Morgan fingerprint density at radius 3 is 2.52 bits per heavy atom. The van der Waals surface area contributed by atoms with E-state index in [1.165, 1.54) is 24.1 Å². The average molecular weight is 480 g/mol. The lowest BCUT2D eigenvalue weighted by molar-refractivity contribution is -0.0657. The molecule has 7 heteroatoms. The van der Waals surface area contributed by atoms with E-state index in [2.05, 4.69) is 34.5 Å². The lowest BCUT2D eigenvalue weighted by Crippen LogP contribution is -2.49. The number of halogens is 1. The molecule has 2 N–H and O–H groups in total. The summed E-state index contributed by atoms with van der Waals surface area (Å²) >= 11 is 1.74. The Morgan fingerprint density at radius 2 is 1.96 bits per heavy atom. The van der Waals surface area contributed by atoms with Crippen molar-refractivity contribution in [2.75, 3.05) is 20.2 Å². The summed E-state index contributed by atoms with van der Waals surface area (Å²) < 4.78 is 6.25. The average Bonchev–Trinajstić information content (AvgIpc) is 2.91. The van der Waals surface area contributed by atoms with E-state index in [0.29, 0.717) is 0 Å². The minimum absolute atomic E-state index is 0. The van der Waals surface area contributed by atoms with Crippen molar-refractivity contribution in [1.29, 1.82) is 0 Å². The van der Waals surface area contributed by atoms with Gasteiger partial charge in [-0.3, -0.25) is 4.99 Å². The van der Waals surface area contributed by atoms with E-state index in [1.807, 2.05) is 14.0 Å². The van der Waals surface area contributed by atoms with Crippen LogP contribution in [0.5, 0.6) is 0 Å². The van der Waals surface area contributed by atoms with Crippen LogP contribution in [0.25, 0.3) is 0 Å². The molecule has 1 fully saturated rings. The molecular weight excluding hydrogens is 447 g/mol. The molecule has 5 nitrogen and oxygen atoms in total. The molecule has 0 unspecified atom stereocenters. The topological polar surface area (TPSA) is 58.5 Å². The quantitative estimate of drug-likeness (QED) is 0.350. The zero-order valence-electron chi connectivity index (χ0n) is 16.0. The minimum atomic E-state index is -0.0249. The van der Waals surface area contributed by atoms with E-state index in [-0.39, 0.29) is 29.6 Å². The molecule has 0 spiro atoms. The first-order valence-corrected chi connectivity index (χ1v) is 9.91. The van der Waals surface area contributed by atoms with Crippen molar-refractivity contribution in [3.63, 3.8) is 0 Å². The molecular formula is C18H33IN4OS. The Hall–Kier alpha value is -0.410. The van der Waals surface area contributed by atoms with Gasteiger partial charge in [0.15, 0.2) is 5.96 Å². The van der Waals surface area contributed by atoms with Crippen molar-refractivity contribution in [2.45, 2.75) is 71.4 Å². The fraction of sp³-hybridized carbons (Fsp3) is 0.778. The zero-order chi connectivity index (χ0) is 17.4. The van der Waals surface area contributed by atoms with Crippen LogP contribution in [-0.2, 0) is 11.3 Å². The molecule has 0 bridgehead atoms. The molecule has 0 atom stereocenters. The van der Waals surface area contributed by atoms with Crippen LogP contribution in [0.15, 0.2) is 4.99 Å². The molecule has 1 aromatic rings. The monoisotopic (exact) mass is 480 g/mol. The van der Waals surface area contributed by atoms with Crippen molar-refractivity contribution >= 4 is 41.3 Å². The lowest BCUT2D eigenvalue weighted by Gasteiger charge is -2.37. The third-order valence-corrected chi connectivity index (χ3v) is 5.67. The predicted molar refractivity (Wildman–Crippen MR) is 117 cm³/mol. The summed E-state index contributed by atoms with van der Waals surface area (Å²) in [4.78, 5) is 10.1. The highest BCUT2D eigenvalue weighted by molar-refractivity contribution is 14.0. The van der Waals surface area contributed by atoms with Gasteiger partial charge < -0.3 is 15.4 Å². The molecule has 1 saturated carbocycles. The van der Waals surface area contributed by atoms with E-state index in [0.717, 1.165) is 55.6 Å². The first-order chi connectivity index (χ1) is 11.6. The van der Waals surface area contributed by atoms with E-state index in [9.17, 15) is 0 Å². The second-order valence-corrected chi connectivity index (χ2v) is 7.90. The summed E-state index contributed by atoms with van der Waals surface area (Å²) in [6, 6.07) is 0. The number of hydrogen-bond acceptors (Lipinski definition) is 4. The molecule has 2 rings (SSSR count). The Labute approximate surface area is 173 Å². The van der Waals surface area contributed by atoms with E-state index < -0.39 is 0 Å². The highest BCUT2D eigenvalue weighted by Crippen LogP contribution is 2.31. The molecule has 0 radical (unpaired) electrons. The third kappa shape index (κ3) is 7.02. The molecule has 1 heterocycles. The smallest absolute Gasteiger partial charge is 0.191 e. The number of nitrogens with one attached hydrogen (secondary N) is 2. The van der Waals surface area contributed by atoms with Gasteiger partial charge in [-0.25, -0.2) is 4.98 Å². The first-order valence-electron chi connectivity index (χ1n) is 9.10. The van der Waals surface area contributed by atoms with Crippen LogP contribution in [-0.4, -0.2) is 36.7 Å². The maximum atomic E-state index is 6.25. The minimum Gasteiger partial charge on any atom is -0.373 e. The van der Waals surface area contributed by atoms with Gasteiger partial charge >= 0.3 is 0 Å². The summed E-state index contributed by atoms with van der Waals surface area (Å²) in [5, 5.41) is 8.00. The van der Waals surface area contributed by atoms with Gasteiger partial charge in [-0.2, -0.15) is 0 Å². The molecule has 1 aliphatic rings. The predicted octanol–water partition coefficient (Wildman–Crippen LogP) is 4.17. The Kier molecular flexibility index (Phi) is 10.3. The van der Waals surface area contributed by atoms with Gasteiger partial charge in [0.1, 0.15) is 0 Å².